The van der Waals surface area contributed by atoms with Gasteiger partial charge in [0.15, 0.2) is 5.96 Å². The van der Waals surface area contributed by atoms with Crippen LogP contribution in [0.2, 0.25) is 0 Å². The lowest BCUT2D eigenvalue weighted by molar-refractivity contribution is 0.0507. The SMILES string of the molecule is CCNC(=NCCc1cccc(C(=O)NC)c1)N1CCC(NC(=O)OC(C)(C)C)C1. The van der Waals surface area contributed by atoms with E-state index in [4.69, 9.17) is 9.73 Å². The summed E-state index contributed by atoms with van der Waals surface area (Å²) in [5.41, 5.74) is 1.22. The Kier molecular flexibility index (Phi) is 8.50. The minimum Gasteiger partial charge on any atom is -0.444 e. The minimum atomic E-state index is -0.506. The minimum absolute atomic E-state index is 0.0351. The second kappa shape index (κ2) is 10.8. The number of ether oxygens (including phenoxy) is 1. The Balaban J connectivity index is 1.92. The van der Waals surface area contributed by atoms with Gasteiger partial charge in [-0.3, -0.25) is 9.79 Å². The molecule has 0 saturated carbocycles. The Morgan fingerprint density at radius 2 is 2.07 bits per heavy atom. The number of rotatable bonds is 6. The zero-order chi connectivity index (χ0) is 22.1. The van der Waals surface area contributed by atoms with Gasteiger partial charge in [-0.2, -0.15) is 0 Å². The molecule has 1 heterocycles. The second-order valence-electron chi connectivity index (χ2n) is 8.34. The Labute approximate surface area is 179 Å². The number of carbonyl (C=O) groups is 2. The monoisotopic (exact) mass is 417 g/mol. The molecule has 166 valence electrons. The zero-order valence-corrected chi connectivity index (χ0v) is 18.7. The van der Waals surface area contributed by atoms with E-state index in [9.17, 15) is 9.59 Å². The molecule has 8 nitrogen and oxygen atoms in total. The van der Waals surface area contributed by atoms with Crippen LogP contribution < -0.4 is 16.0 Å². The number of hydrogen-bond donors (Lipinski definition) is 3. The van der Waals surface area contributed by atoms with Crippen LogP contribution in [0.3, 0.4) is 0 Å². The highest BCUT2D eigenvalue weighted by molar-refractivity contribution is 5.94. The van der Waals surface area contributed by atoms with E-state index in [0.717, 1.165) is 37.5 Å². The van der Waals surface area contributed by atoms with Crippen LogP contribution >= 0.6 is 0 Å². The molecule has 3 N–H and O–H groups in total. The molecule has 2 amide bonds. The molecule has 0 aromatic heterocycles. The Bertz CT molecular complexity index is 757. The number of alkyl carbamates (subject to hydrolysis) is 1. The average Bonchev–Trinajstić information content (AvgIpc) is 3.13. The summed E-state index contributed by atoms with van der Waals surface area (Å²) in [6.07, 6.45) is 1.21. The highest BCUT2D eigenvalue weighted by Crippen LogP contribution is 2.12. The quantitative estimate of drug-likeness (QED) is 0.487. The number of carbonyl (C=O) groups excluding carboxylic acids is 2. The normalized spacial score (nSPS) is 16.9. The van der Waals surface area contributed by atoms with Gasteiger partial charge >= 0.3 is 6.09 Å². The first-order valence-electron chi connectivity index (χ1n) is 10.6. The van der Waals surface area contributed by atoms with Crippen LogP contribution in [-0.4, -0.2) is 67.7 Å². The van der Waals surface area contributed by atoms with Crippen LogP contribution in [-0.2, 0) is 11.2 Å². The lowest BCUT2D eigenvalue weighted by Crippen LogP contribution is -2.44. The maximum atomic E-state index is 12.0. The summed E-state index contributed by atoms with van der Waals surface area (Å²) in [5.74, 6) is 0.753. The van der Waals surface area contributed by atoms with Gasteiger partial charge in [0.2, 0.25) is 0 Å². The van der Waals surface area contributed by atoms with Crippen molar-refractivity contribution in [2.45, 2.75) is 52.2 Å². The van der Waals surface area contributed by atoms with Crippen LogP contribution in [0.15, 0.2) is 29.3 Å². The average molecular weight is 418 g/mol. The van der Waals surface area contributed by atoms with E-state index in [2.05, 4.69) is 20.9 Å². The highest BCUT2D eigenvalue weighted by Gasteiger charge is 2.27. The molecule has 0 spiro atoms. The molecule has 1 unspecified atom stereocenters. The lowest BCUT2D eigenvalue weighted by atomic mass is 10.1. The van der Waals surface area contributed by atoms with Crippen molar-refractivity contribution in [3.8, 4) is 0 Å². The molecule has 8 heteroatoms. The maximum Gasteiger partial charge on any atom is 0.407 e. The molecule has 30 heavy (non-hydrogen) atoms. The lowest BCUT2D eigenvalue weighted by Gasteiger charge is -2.23. The zero-order valence-electron chi connectivity index (χ0n) is 18.7. The Morgan fingerprint density at radius 1 is 1.30 bits per heavy atom. The molecule has 0 bridgehead atoms. The predicted molar refractivity (Wildman–Crippen MR) is 119 cm³/mol. The topological polar surface area (TPSA) is 95.1 Å². The summed E-state index contributed by atoms with van der Waals surface area (Å²) in [6.45, 7) is 10.5. The Morgan fingerprint density at radius 3 is 2.73 bits per heavy atom. The fraction of sp³-hybridized carbons (Fsp3) is 0.591. The summed E-state index contributed by atoms with van der Waals surface area (Å²) in [4.78, 5) is 30.7. The summed E-state index contributed by atoms with van der Waals surface area (Å²) in [6, 6.07) is 7.64. The van der Waals surface area contributed by atoms with Gasteiger partial charge in [0.25, 0.3) is 5.91 Å². The molecule has 1 atom stereocenters. The van der Waals surface area contributed by atoms with Crippen LogP contribution in [0.5, 0.6) is 0 Å². The van der Waals surface area contributed by atoms with Crippen LogP contribution in [0, 0.1) is 0 Å². The van der Waals surface area contributed by atoms with Crippen molar-refractivity contribution in [3.05, 3.63) is 35.4 Å². The first-order valence-corrected chi connectivity index (χ1v) is 10.6. The van der Waals surface area contributed by atoms with Crippen molar-refractivity contribution < 1.29 is 14.3 Å². The predicted octanol–water partition coefficient (Wildman–Crippen LogP) is 2.15. The fourth-order valence-corrected chi connectivity index (χ4v) is 3.27. The molecule has 1 aliphatic heterocycles. The summed E-state index contributed by atoms with van der Waals surface area (Å²) in [7, 11) is 1.63. The molecule has 0 aliphatic carbocycles. The van der Waals surface area contributed by atoms with E-state index in [1.54, 1.807) is 13.1 Å². The molecule has 0 radical (unpaired) electrons. The molecular formula is C22H35N5O3. The maximum absolute atomic E-state index is 12.0. The van der Waals surface area contributed by atoms with E-state index >= 15 is 0 Å². The van der Waals surface area contributed by atoms with E-state index in [1.807, 2.05) is 45.9 Å². The smallest absolute Gasteiger partial charge is 0.407 e. The Hall–Kier alpha value is -2.77. The van der Waals surface area contributed by atoms with Gasteiger partial charge in [0.05, 0.1) is 6.04 Å². The molecule has 1 saturated heterocycles. The van der Waals surface area contributed by atoms with Gasteiger partial charge < -0.3 is 25.6 Å². The van der Waals surface area contributed by atoms with E-state index < -0.39 is 5.60 Å². The van der Waals surface area contributed by atoms with Gasteiger partial charge in [0, 0.05) is 38.8 Å². The van der Waals surface area contributed by atoms with E-state index in [1.165, 1.54) is 0 Å². The summed E-state index contributed by atoms with van der Waals surface area (Å²) >= 11 is 0. The number of nitrogens with one attached hydrogen (secondary N) is 3. The molecule has 1 aliphatic rings. The fourth-order valence-electron chi connectivity index (χ4n) is 3.27. The number of guanidine groups is 1. The standard InChI is InChI=1S/C22H35N5O3/c1-6-24-20(25-12-10-16-8-7-9-17(14-16)19(28)23-5)27-13-11-18(15-27)26-21(29)30-22(2,3)4/h7-9,14,18H,6,10-13,15H2,1-5H3,(H,23,28)(H,24,25)(H,26,29). The third-order valence-corrected chi connectivity index (χ3v) is 4.62. The van der Waals surface area contributed by atoms with Crippen molar-refractivity contribution in [2.75, 3.05) is 33.2 Å². The number of amides is 2. The molecule has 1 fully saturated rings. The number of aliphatic imine (C=N–C) groups is 1. The molecule has 1 aromatic carbocycles. The van der Waals surface area contributed by atoms with Gasteiger partial charge in [-0.15, -0.1) is 0 Å². The van der Waals surface area contributed by atoms with Gasteiger partial charge in [-0.25, -0.2) is 4.79 Å². The van der Waals surface area contributed by atoms with Crippen molar-refractivity contribution >= 4 is 18.0 Å². The van der Waals surface area contributed by atoms with Crippen LogP contribution in [0.1, 0.15) is 50.0 Å². The molecular weight excluding hydrogens is 382 g/mol. The van der Waals surface area contributed by atoms with Crippen molar-refractivity contribution in [1.29, 1.82) is 0 Å². The van der Waals surface area contributed by atoms with Gasteiger partial charge in [-0.05, 0) is 58.2 Å². The van der Waals surface area contributed by atoms with Crippen molar-refractivity contribution in [2.24, 2.45) is 4.99 Å². The van der Waals surface area contributed by atoms with E-state index in [0.29, 0.717) is 18.7 Å². The van der Waals surface area contributed by atoms with Crippen molar-refractivity contribution in [3.63, 3.8) is 0 Å². The van der Waals surface area contributed by atoms with E-state index in [-0.39, 0.29) is 18.0 Å². The summed E-state index contributed by atoms with van der Waals surface area (Å²) in [5, 5.41) is 8.92. The highest BCUT2D eigenvalue weighted by atomic mass is 16.6. The second-order valence-corrected chi connectivity index (χ2v) is 8.34. The number of benzene rings is 1. The first kappa shape index (κ1) is 23.5. The van der Waals surface area contributed by atoms with Gasteiger partial charge in [0.1, 0.15) is 5.60 Å². The third-order valence-electron chi connectivity index (χ3n) is 4.62. The van der Waals surface area contributed by atoms with Gasteiger partial charge in [-0.1, -0.05) is 12.1 Å². The molecule has 1 aromatic rings. The first-order chi connectivity index (χ1) is 14.2. The number of nitrogens with zero attached hydrogens (tertiary/aromatic N) is 2. The summed E-state index contributed by atoms with van der Waals surface area (Å²) < 4.78 is 5.35. The number of likely N-dealkylation sites (tertiary alicyclic amines) is 1. The molecule has 2 rings (SSSR count). The largest absolute Gasteiger partial charge is 0.444 e. The van der Waals surface area contributed by atoms with Crippen LogP contribution in [0.4, 0.5) is 4.79 Å². The number of hydrogen-bond acceptors (Lipinski definition) is 4. The van der Waals surface area contributed by atoms with Crippen LogP contribution in [0.25, 0.3) is 0 Å². The third kappa shape index (κ3) is 7.57. The van der Waals surface area contributed by atoms with Crippen molar-refractivity contribution in [1.82, 2.24) is 20.9 Å².